The number of carbonyl (C=O) groups is 1. The maximum Gasteiger partial charge on any atom is 0.321 e. The molecule has 1 rings (SSSR count). The monoisotopic (exact) mass is 304 g/mol. The van der Waals surface area contributed by atoms with Crippen molar-refractivity contribution in [3.8, 4) is 0 Å². The van der Waals surface area contributed by atoms with Gasteiger partial charge in [-0.3, -0.25) is 9.48 Å². The molecular formula is C11H20N4O4S. The predicted octanol–water partition coefficient (Wildman–Crippen LogP) is 0.0589. The van der Waals surface area contributed by atoms with Crippen LogP contribution in [0, 0.1) is 0 Å². The Bertz CT molecular complexity index is 567. The van der Waals surface area contributed by atoms with E-state index in [1.807, 2.05) is 6.92 Å². The highest BCUT2D eigenvalue weighted by Crippen LogP contribution is 2.21. The summed E-state index contributed by atoms with van der Waals surface area (Å²) in [6.07, 6.45) is 1.36. The molecule has 0 aliphatic rings. The third kappa shape index (κ3) is 3.48. The lowest BCUT2D eigenvalue weighted by molar-refractivity contribution is -0.143. The number of anilines is 1. The Morgan fingerprint density at radius 2 is 2.10 bits per heavy atom. The average Bonchev–Trinajstić information content (AvgIpc) is 2.78. The molecule has 0 radical (unpaired) electrons. The first kappa shape index (κ1) is 16.4. The van der Waals surface area contributed by atoms with Gasteiger partial charge in [0.25, 0.3) is 0 Å². The molecule has 0 unspecified atom stereocenters. The van der Waals surface area contributed by atoms with Crippen LogP contribution in [0.1, 0.15) is 20.8 Å². The molecule has 0 fully saturated rings. The molecule has 0 bridgehead atoms. The Balaban J connectivity index is 3.05. The van der Waals surface area contributed by atoms with Crippen molar-refractivity contribution in [3.63, 3.8) is 0 Å². The van der Waals surface area contributed by atoms with Crippen molar-refractivity contribution in [2.75, 3.05) is 25.4 Å². The second kappa shape index (κ2) is 6.71. The average molecular weight is 304 g/mol. The molecule has 1 aromatic rings. The maximum absolute atomic E-state index is 12.4. The van der Waals surface area contributed by atoms with E-state index in [0.29, 0.717) is 6.54 Å². The molecule has 114 valence electrons. The Hall–Kier alpha value is -1.61. The fourth-order valence-corrected chi connectivity index (χ4v) is 3.09. The number of esters is 1. The highest BCUT2D eigenvalue weighted by atomic mass is 32.2. The van der Waals surface area contributed by atoms with E-state index in [9.17, 15) is 13.2 Å². The van der Waals surface area contributed by atoms with Gasteiger partial charge in [0.2, 0.25) is 10.0 Å². The highest BCUT2D eigenvalue weighted by molar-refractivity contribution is 7.89. The molecule has 0 aliphatic heterocycles. The predicted molar refractivity (Wildman–Crippen MR) is 73.4 cm³/mol. The fraction of sp³-hybridized carbons (Fsp3) is 0.636. The molecule has 0 amide bonds. The second-order valence-electron chi connectivity index (χ2n) is 3.97. The number of ether oxygens (including phenoxy) is 1. The molecular weight excluding hydrogens is 284 g/mol. The third-order valence-corrected chi connectivity index (χ3v) is 4.60. The van der Waals surface area contributed by atoms with E-state index in [0.717, 1.165) is 4.31 Å². The number of aromatic nitrogens is 2. The van der Waals surface area contributed by atoms with Gasteiger partial charge in [0, 0.05) is 19.3 Å². The van der Waals surface area contributed by atoms with Crippen LogP contribution in [0.2, 0.25) is 0 Å². The topological polar surface area (TPSA) is 108 Å². The Morgan fingerprint density at radius 3 is 2.55 bits per heavy atom. The van der Waals surface area contributed by atoms with Crippen molar-refractivity contribution >= 4 is 21.8 Å². The minimum absolute atomic E-state index is 0.0749. The van der Waals surface area contributed by atoms with Crippen LogP contribution in [-0.4, -0.2) is 48.2 Å². The maximum atomic E-state index is 12.4. The minimum atomic E-state index is -3.86. The number of likely N-dealkylation sites (N-methyl/N-ethyl adjacent to an activating group) is 1. The molecule has 1 aromatic heterocycles. The Kier molecular flexibility index (Phi) is 5.52. The zero-order valence-electron chi connectivity index (χ0n) is 11.9. The number of nitrogens with two attached hydrogens (primary N) is 1. The molecule has 0 aromatic carbocycles. The number of nitrogen functional groups attached to an aromatic ring is 1. The van der Waals surface area contributed by atoms with Gasteiger partial charge < -0.3 is 10.5 Å². The largest absolute Gasteiger partial charge is 0.465 e. The summed E-state index contributed by atoms with van der Waals surface area (Å²) in [5, 5.41) is 3.90. The summed E-state index contributed by atoms with van der Waals surface area (Å²) in [7, 11) is -3.86. The van der Waals surface area contributed by atoms with Crippen LogP contribution in [0.15, 0.2) is 11.1 Å². The first-order valence-electron chi connectivity index (χ1n) is 6.35. The highest BCUT2D eigenvalue weighted by Gasteiger charge is 2.29. The van der Waals surface area contributed by atoms with Crippen LogP contribution < -0.4 is 5.73 Å². The number of nitrogens with zero attached hydrogens (tertiary/aromatic N) is 3. The van der Waals surface area contributed by atoms with E-state index in [-0.39, 0.29) is 30.4 Å². The quantitative estimate of drug-likeness (QED) is 0.714. The molecule has 0 spiro atoms. The van der Waals surface area contributed by atoms with Gasteiger partial charge in [-0.25, -0.2) is 8.42 Å². The van der Waals surface area contributed by atoms with Crippen molar-refractivity contribution in [2.45, 2.75) is 32.2 Å². The molecule has 0 saturated carbocycles. The van der Waals surface area contributed by atoms with Crippen molar-refractivity contribution in [3.05, 3.63) is 6.20 Å². The lowest BCUT2D eigenvalue weighted by Crippen LogP contribution is -2.36. The van der Waals surface area contributed by atoms with Crippen LogP contribution >= 0.6 is 0 Å². The minimum Gasteiger partial charge on any atom is -0.465 e. The molecule has 2 N–H and O–H groups in total. The Labute approximate surface area is 118 Å². The zero-order valence-corrected chi connectivity index (χ0v) is 12.7. The van der Waals surface area contributed by atoms with Gasteiger partial charge in [-0.2, -0.15) is 9.40 Å². The van der Waals surface area contributed by atoms with Crippen molar-refractivity contribution in [2.24, 2.45) is 0 Å². The van der Waals surface area contributed by atoms with Gasteiger partial charge in [0.1, 0.15) is 11.4 Å². The van der Waals surface area contributed by atoms with Crippen LogP contribution in [-0.2, 0) is 26.1 Å². The molecule has 9 heteroatoms. The molecule has 1 heterocycles. The number of hydrogen-bond donors (Lipinski definition) is 1. The van der Waals surface area contributed by atoms with E-state index in [1.165, 1.54) is 10.9 Å². The van der Waals surface area contributed by atoms with Crippen LogP contribution in [0.25, 0.3) is 0 Å². The van der Waals surface area contributed by atoms with E-state index < -0.39 is 16.0 Å². The number of hydrogen-bond acceptors (Lipinski definition) is 6. The summed E-state index contributed by atoms with van der Waals surface area (Å²) in [6.45, 7) is 5.61. The Morgan fingerprint density at radius 1 is 1.45 bits per heavy atom. The SMILES string of the molecule is CCOC(=O)CN(CC)S(=O)(=O)c1cn(CC)nc1N. The smallest absolute Gasteiger partial charge is 0.321 e. The second-order valence-corrected chi connectivity index (χ2v) is 5.88. The van der Waals surface area contributed by atoms with Crippen LogP contribution in [0.4, 0.5) is 5.82 Å². The zero-order chi connectivity index (χ0) is 15.3. The summed E-state index contributed by atoms with van der Waals surface area (Å²) < 4.78 is 32.1. The lowest BCUT2D eigenvalue weighted by Gasteiger charge is -2.18. The van der Waals surface area contributed by atoms with E-state index in [2.05, 4.69) is 5.10 Å². The first-order valence-corrected chi connectivity index (χ1v) is 7.79. The van der Waals surface area contributed by atoms with Gasteiger partial charge in [-0.1, -0.05) is 6.92 Å². The summed E-state index contributed by atoms with van der Waals surface area (Å²) in [5.41, 5.74) is 5.63. The van der Waals surface area contributed by atoms with Gasteiger partial charge in [0.05, 0.1) is 6.61 Å². The van der Waals surface area contributed by atoms with Crippen LogP contribution in [0.5, 0.6) is 0 Å². The normalized spacial score (nSPS) is 11.8. The van der Waals surface area contributed by atoms with Gasteiger partial charge in [-0.15, -0.1) is 0 Å². The molecule has 20 heavy (non-hydrogen) atoms. The fourth-order valence-electron chi connectivity index (χ4n) is 1.64. The number of aryl methyl sites for hydroxylation is 1. The van der Waals surface area contributed by atoms with Crippen molar-refractivity contribution in [1.29, 1.82) is 0 Å². The van der Waals surface area contributed by atoms with E-state index in [4.69, 9.17) is 10.5 Å². The number of carbonyl (C=O) groups excluding carboxylic acids is 1. The summed E-state index contributed by atoms with van der Waals surface area (Å²) in [5.74, 6) is -0.673. The number of sulfonamides is 1. The summed E-state index contributed by atoms with van der Waals surface area (Å²) >= 11 is 0. The third-order valence-electron chi connectivity index (χ3n) is 2.66. The van der Waals surface area contributed by atoms with E-state index >= 15 is 0 Å². The molecule has 0 aliphatic carbocycles. The molecule has 0 atom stereocenters. The van der Waals surface area contributed by atoms with Crippen molar-refractivity contribution in [1.82, 2.24) is 14.1 Å². The first-order chi connectivity index (χ1) is 9.36. The van der Waals surface area contributed by atoms with Crippen molar-refractivity contribution < 1.29 is 17.9 Å². The van der Waals surface area contributed by atoms with Gasteiger partial charge in [0.15, 0.2) is 5.82 Å². The molecule has 8 nitrogen and oxygen atoms in total. The number of rotatable bonds is 7. The van der Waals surface area contributed by atoms with Gasteiger partial charge in [-0.05, 0) is 13.8 Å². The summed E-state index contributed by atoms with van der Waals surface area (Å²) in [6, 6.07) is 0. The molecule has 0 saturated heterocycles. The van der Waals surface area contributed by atoms with Crippen LogP contribution in [0.3, 0.4) is 0 Å². The van der Waals surface area contributed by atoms with Gasteiger partial charge >= 0.3 is 5.97 Å². The standard InChI is InChI=1S/C11H20N4O4S/c1-4-14-7-9(11(12)13-14)20(17,18)15(5-2)8-10(16)19-6-3/h7H,4-6,8H2,1-3H3,(H2,12,13). The lowest BCUT2D eigenvalue weighted by atomic mass is 10.6. The summed E-state index contributed by atoms with van der Waals surface area (Å²) in [4.78, 5) is 11.4. The van der Waals surface area contributed by atoms with E-state index in [1.54, 1.807) is 13.8 Å².